The molecule has 0 heterocycles. The number of benzene rings is 2. The van der Waals surface area contributed by atoms with Gasteiger partial charge in [-0.2, -0.15) is 0 Å². The summed E-state index contributed by atoms with van der Waals surface area (Å²) in [4.78, 5) is 14.7. The Labute approximate surface area is 150 Å². The predicted molar refractivity (Wildman–Crippen MR) is 102 cm³/mol. The smallest absolute Gasteiger partial charge is 0.299 e. The number of amides is 1. The lowest BCUT2D eigenvalue weighted by molar-refractivity contribution is -0.126. The summed E-state index contributed by atoms with van der Waals surface area (Å²) in [5.74, 6) is 5.71. The fourth-order valence-corrected chi connectivity index (χ4v) is 3.11. The van der Waals surface area contributed by atoms with Crippen LogP contribution in [0.5, 0.6) is 0 Å². The van der Waals surface area contributed by atoms with E-state index in [1.807, 2.05) is 53.4 Å². The SMILES string of the molecule is C[C@@H](c1ccccc1)N(CC1=CCCC1)C(=O)C#Cc1ccccc1. The number of carbonyl (C=O) groups excluding carboxylic acids is 1. The van der Waals surface area contributed by atoms with Crippen molar-refractivity contribution < 1.29 is 4.79 Å². The van der Waals surface area contributed by atoms with Crippen molar-refractivity contribution >= 4 is 5.91 Å². The molecule has 1 atom stereocenters. The van der Waals surface area contributed by atoms with Crippen LogP contribution in [0.1, 0.15) is 43.4 Å². The third-order valence-electron chi connectivity index (χ3n) is 4.61. The molecule has 2 aromatic rings. The highest BCUT2D eigenvalue weighted by atomic mass is 16.2. The standard InChI is InChI=1S/C23H23NO/c1-19(22-14-6-3-7-15-22)24(18-21-12-8-9-13-21)23(25)17-16-20-10-4-2-5-11-20/h2-7,10-12,14-15,19H,8-9,13,18H2,1H3/t19-/m0/s1. The number of rotatable bonds is 4. The van der Waals surface area contributed by atoms with Crippen molar-refractivity contribution in [2.75, 3.05) is 6.54 Å². The Morgan fingerprint density at radius 1 is 1.08 bits per heavy atom. The molecule has 0 bridgehead atoms. The van der Waals surface area contributed by atoms with Gasteiger partial charge in [-0.05, 0) is 43.9 Å². The van der Waals surface area contributed by atoms with Crippen LogP contribution in [0.15, 0.2) is 72.3 Å². The van der Waals surface area contributed by atoms with Gasteiger partial charge in [-0.3, -0.25) is 4.79 Å². The molecule has 0 saturated carbocycles. The Hall–Kier alpha value is -2.79. The van der Waals surface area contributed by atoms with E-state index in [1.54, 1.807) is 0 Å². The van der Waals surface area contributed by atoms with Gasteiger partial charge in [-0.1, -0.05) is 66.1 Å². The van der Waals surface area contributed by atoms with E-state index < -0.39 is 0 Å². The van der Waals surface area contributed by atoms with Gasteiger partial charge < -0.3 is 4.90 Å². The molecule has 2 heteroatoms. The topological polar surface area (TPSA) is 20.3 Å². The fourth-order valence-electron chi connectivity index (χ4n) is 3.11. The van der Waals surface area contributed by atoms with Gasteiger partial charge in [0.15, 0.2) is 0 Å². The second kappa shape index (κ2) is 8.35. The van der Waals surface area contributed by atoms with Crippen molar-refractivity contribution in [1.82, 2.24) is 4.90 Å². The van der Waals surface area contributed by atoms with E-state index in [9.17, 15) is 4.79 Å². The van der Waals surface area contributed by atoms with Crippen LogP contribution in [0.4, 0.5) is 0 Å². The van der Waals surface area contributed by atoms with Gasteiger partial charge >= 0.3 is 0 Å². The molecular weight excluding hydrogens is 306 g/mol. The van der Waals surface area contributed by atoms with Gasteiger partial charge in [0, 0.05) is 18.0 Å². The first-order chi connectivity index (χ1) is 12.2. The summed E-state index contributed by atoms with van der Waals surface area (Å²) < 4.78 is 0. The number of carbonyl (C=O) groups is 1. The normalized spacial score (nSPS) is 14.2. The average Bonchev–Trinajstić information content (AvgIpc) is 3.18. The van der Waals surface area contributed by atoms with E-state index in [2.05, 4.69) is 37.0 Å². The van der Waals surface area contributed by atoms with E-state index in [-0.39, 0.29) is 11.9 Å². The fraction of sp³-hybridized carbons (Fsp3) is 0.261. The van der Waals surface area contributed by atoms with Crippen LogP contribution in [0.2, 0.25) is 0 Å². The molecule has 126 valence electrons. The highest BCUT2D eigenvalue weighted by Crippen LogP contribution is 2.25. The largest absolute Gasteiger partial charge is 0.321 e. The van der Waals surface area contributed by atoms with Crippen molar-refractivity contribution in [3.63, 3.8) is 0 Å². The van der Waals surface area contributed by atoms with Crippen LogP contribution in [0, 0.1) is 11.8 Å². The molecule has 2 nitrogen and oxygen atoms in total. The lowest BCUT2D eigenvalue weighted by Gasteiger charge is -2.28. The van der Waals surface area contributed by atoms with E-state index >= 15 is 0 Å². The third kappa shape index (κ3) is 4.61. The Balaban J connectivity index is 1.82. The Morgan fingerprint density at radius 2 is 1.76 bits per heavy atom. The Morgan fingerprint density at radius 3 is 2.40 bits per heavy atom. The van der Waals surface area contributed by atoms with Crippen molar-refractivity contribution in [3.05, 3.63) is 83.4 Å². The van der Waals surface area contributed by atoms with Gasteiger partial charge in [-0.15, -0.1) is 0 Å². The van der Waals surface area contributed by atoms with Crippen LogP contribution in [-0.2, 0) is 4.79 Å². The highest BCUT2D eigenvalue weighted by Gasteiger charge is 2.22. The summed E-state index contributed by atoms with van der Waals surface area (Å²) in [5, 5.41) is 0. The highest BCUT2D eigenvalue weighted by molar-refractivity contribution is 5.94. The molecule has 0 aromatic heterocycles. The quantitative estimate of drug-likeness (QED) is 0.586. The Bertz CT molecular complexity index is 796. The molecule has 0 saturated heterocycles. The molecule has 1 aliphatic carbocycles. The molecular formula is C23H23NO. The summed E-state index contributed by atoms with van der Waals surface area (Å²) in [5.41, 5.74) is 3.34. The molecule has 25 heavy (non-hydrogen) atoms. The van der Waals surface area contributed by atoms with Crippen molar-refractivity contribution in [3.8, 4) is 11.8 Å². The van der Waals surface area contributed by atoms with Gasteiger partial charge in [0.05, 0.1) is 6.04 Å². The second-order valence-electron chi connectivity index (χ2n) is 6.39. The first-order valence-corrected chi connectivity index (χ1v) is 8.84. The van der Waals surface area contributed by atoms with Gasteiger partial charge in [0.1, 0.15) is 0 Å². The Kier molecular flexibility index (Phi) is 5.69. The summed E-state index contributed by atoms with van der Waals surface area (Å²) in [7, 11) is 0. The maximum atomic E-state index is 12.8. The lowest BCUT2D eigenvalue weighted by Crippen LogP contribution is -2.34. The molecule has 0 spiro atoms. The maximum Gasteiger partial charge on any atom is 0.299 e. The zero-order chi connectivity index (χ0) is 17.5. The minimum atomic E-state index is -0.118. The van der Waals surface area contributed by atoms with E-state index in [1.165, 1.54) is 12.0 Å². The van der Waals surface area contributed by atoms with Crippen molar-refractivity contribution in [2.45, 2.75) is 32.2 Å². The predicted octanol–water partition coefficient (Wildman–Crippen LogP) is 4.74. The lowest BCUT2D eigenvalue weighted by atomic mass is 10.1. The molecule has 1 amide bonds. The molecule has 1 aliphatic rings. The summed E-state index contributed by atoms with van der Waals surface area (Å²) in [6.07, 6.45) is 5.65. The van der Waals surface area contributed by atoms with Crippen LogP contribution in [0.25, 0.3) is 0 Å². The first-order valence-electron chi connectivity index (χ1n) is 8.84. The number of allylic oxidation sites excluding steroid dienone is 1. The maximum absolute atomic E-state index is 12.8. The second-order valence-corrected chi connectivity index (χ2v) is 6.39. The van der Waals surface area contributed by atoms with Gasteiger partial charge in [-0.25, -0.2) is 0 Å². The van der Waals surface area contributed by atoms with Crippen LogP contribution >= 0.6 is 0 Å². The van der Waals surface area contributed by atoms with Crippen LogP contribution < -0.4 is 0 Å². The molecule has 0 unspecified atom stereocenters. The molecule has 0 radical (unpaired) electrons. The summed E-state index contributed by atoms with van der Waals surface area (Å²) in [6, 6.07) is 19.8. The average molecular weight is 329 g/mol. The summed E-state index contributed by atoms with van der Waals surface area (Å²) in [6.45, 7) is 2.74. The molecule has 2 aromatic carbocycles. The number of hydrogen-bond donors (Lipinski definition) is 0. The molecule has 0 fully saturated rings. The van der Waals surface area contributed by atoms with E-state index in [0.717, 1.165) is 24.0 Å². The zero-order valence-corrected chi connectivity index (χ0v) is 14.6. The first kappa shape index (κ1) is 17.0. The number of nitrogens with zero attached hydrogens (tertiary/aromatic N) is 1. The van der Waals surface area contributed by atoms with Gasteiger partial charge in [0.25, 0.3) is 5.91 Å². The number of hydrogen-bond acceptors (Lipinski definition) is 1. The van der Waals surface area contributed by atoms with Crippen molar-refractivity contribution in [2.24, 2.45) is 0 Å². The van der Waals surface area contributed by atoms with Crippen LogP contribution in [-0.4, -0.2) is 17.4 Å². The van der Waals surface area contributed by atoms with Gasteiger partial charge in [0.2, 0.25) is 0 Å². The monoisotopic (exact) mass is 329 g/mol. The van der Waals surface area contributed by atoms with Crippen LogP contribution in [0.3, 0.4) is 0 Å². The molecule has 0 N–H and O–H groups in total. The minimum Gasteiger partial charge on any atom is -0.321 e. The zero-order valence-electron chi connectivity index (χ0n) is 14.6. The van der Waals surface area contributed by atoms with Crippen molar-refractivity contribution in [1.29, 1.82) is 0 Å². The summed E-state index contributed by atoms with van der Waals surface area (Å²) >= 11 is 0. The molecule has 0 aliphatic heterocycles. The van der Waals surface area contributed by atoms with E-state index in [0.29, 0.717) is 6.54 Å². The van der Waals surface area contributed by atoms with E-state index in [4.69, 9.17) is 0 Å². The molecule has 3 rings (SSSR count). The minimum absolute atomic E-state index is 0.000253. The third-order valence-corrected chi connectivity index (χ3v) is 4.61.